The Labute approximate surface area is 104 Å². The number of aliphatic hydroxyl groups excluding tert-OH is 2. The van der Waals surface area contributed by atoms with E-state index in [1.54, 1.807) is 6.92 Å². The average Bonchev–Trinajstić information content (AvgIpc) is 2.35. The van der Waals surface area contributed by atoms with E-state index in [9.17, 15) is 19.4 Å². The monoisotopic (exact) mass is 257 g/mol. The van der Waals surface area contributed by atoms with Crippen molar-refractivity contribution in [2.24, 2.45) is 0 Å². The molecular formula is C12H16FNO4. The predicted molar refractivity (Wildman–Crippen MR) is 64.2 cm³/mol. The third kappa shape index (κ3) is 2.77. The summed E-state index contributed by atoms with van der Waals surface area (Å²) in [6, 6.07) is 3.79. The second-order valence-electron chi connectivity index (χ2n) is 4.04. The number of rotatable bonds is 6. The van der Waals surface area contributed by atoms with Crippen molar-refractivity contribution >= 4 is 11.7 Å². The zero-order valence-corrected chi connectivity index (χ0v) is 9.98. The molecule has 0 heterocycles. The van der Waals surface area contributed by atoms with Gasteiger partial charge >= 0.3 is 5.97 Å². The highest BCUT2D eigenvalue weighted by molar-refractivity contribution is 5.94. The molecule has 4 N–H and O–H groups in total. The largest absolute Gasteiger partial charge is 0.478 e. The van der Waals surface area contributed by atoms with E-state index in [4.69, 9.17) is 5.11 Å². The topological polar surface area (TPSA) is 89.8 Å². The lowest BCUT2D eigenvalue weighted by Crippen LogP contribution is -2.45. The fraction of sp³-hybridized carbons (Fsp3) is 0.417. The lowest BCUT2D eigenvalue weighted by molar-refractivity contribution is 0.0692. The minimum Gasteiger partial charge on any atom is -0.478 e. The molecule has 0 saturated carbocycles. The van der Waals surface area contributed by atoms with Crippen LogP contribution in [-0.4, -0.2) is 40.0 Å². The van der Waals surface area contributed by atoms with Crippen LogP contribution in [0.4, 0.5) is 10.1 Å². The van der Waals surface area contributed by atoms with E-state index in [-0.39, 0.29) is 5.69 Å². The molecule has 0 unspecified atom stereocenters. The van der Waals surface area contributed by atoms with Crippen LogP contribution < -0.4 is 5.32 Å². The van der Waals surface area contributed by atoms with E-state index >= 15 is 0 Å². The summed E-state index contributed by atoms with van der Waals surface area (Å²) in [5, 5.41) is 30.2. The number of aliphatic hydroxyl groups is 2. The minimum absolute atomic E-state index is 0.0347. The number of anilines is 1. The van der Waals surface area contributed by atoms with Crippen LogP contribution in [0, 0.1) is 5.82 Å². The SMILES string of the molecule is CCC(CO)(CO)Nc1cccc(F)c1C(=O)O. The van der Waals surface area contributed by atoms with Crippen LogP contribution in [0.15, 0.2) is 18.2 Å². The van der Waals surface area contributed by atoms with Crippen LogP contribution in [0.3, 0.4) is 0 Å². The van der Waals surface area contributed by atoms with Crippen molar-refractivity contribution in [1.82, 2.24) is 0 Å². The quantitative estimate of drug-likeness (QED) is 0.612. The molecule has 6 heteroatoms. The fourth-order valence-corrected chi connectivity index (χ4v) is 1.57. The Morgan fingerprint density at radius 1 is 1.39 bits per heavy atom. The van der Waals surface area contributed by atoms with Crippen LogP contribution in [-0.2, 0) is 0 Å². The third-order valence-corrected chi connectivity index (χ3v) is 2.91. The highest BCUT2D eigenvalue weighted by atomic mass is 19.1. The van der Waals surface area contributed by atoms with Gasteiger partial charge in [0.05, 0.1) is 24.4 Å². The standard InChI is InChI=1S/C12H16FNO4/c1-2-12(6-15,7-16)14-9-5-3-4-8(13)10(9)11(17)18/h3-5,14-16H,2,6-7H2,1H3,(H,17,18). The molecule has 1 aromatic carbocycles. The van der Waals surface area contributed by atoms with Gasteiger partial charge in [-0.2, -0.15) is 0 Å². The summed E-state index contributed by atoms with van der Waals surface area (Å²) in [4.78, 5) is 11.0. The lowest BCUT2D eigenvalue weighted by atomic mass is 9.97. The molecular weight excluding hydrogens is 241 g/mol. The van der Waals surface area contributed by atoms with E-state index < -0.39 is 36.1 Å². The Morgan fingerprint density at radius 2 is 2.00 bits per heavy atom. The third-order valence-electron chi connectivity index (χ3n) is 2.91. The van der Waals surface area contributed by atoms with Crippen molar-refractivity contribution in [3.8, 4) is 0 Å². The molecule has 0 fully saturated rings. The zero-order valence-electron chi connectivity index (χ0n) is 9.98. The number of carbonyl (C=O) groups is 1. The van der Waals surface area contributed by atoms with Crippen molar-refractivity contribution in [3.05, 3.63) is 29.6 Å². The van der Waals surface area contributed by atoms with Crippen molar-refractivity contribution in [2.75, 3.05) is 18.5 Å². The zero-order chi connectivity index (χ0) is 13.8. The number of hydrogen-bond donors (Lipinski definition) is 4. The molecule has 0 atom stereocenters. The number of halogens is 1. The smallest absolute Gasteiger partial charge is 0.340 e. The number of carboxylic acids is 1. The molecule has 0 radical (unpaired) electrons. The Kier molecular flexibility index (Phi) is 4.63. The van der Waals surface area contributed by atoms with Crippen molar-refractivity contribution in [2.45, 2.75) is 18.9 Å². The molecule has 0 bridgehead atoms. The van der Waals surface area contributed by atoms with Crippen LogP contribution >= 0.6 is 0 Å². The predicted octanol–water partition coefficient (Wildman–Crippen LogP) is 1.07. The second kappa shape index (κ2) is 5.79. The maximum Gasteiger partial charge on any atom is 0.340 e. The van der Waals surface area contributed by atoms with Crippen molar-refractivity contribution in [1.29, 1.82) is 0 Å². The van der Waals surface area contributed by atoms with Gasteiger partial charge in [-0.05, 0) is 18.6 Å². The molecule has 18 heavy (non-hydrogen) atoms. The molecule has 0 amide bonds. The molecule has 0 aromatic heterocycles. The number of nitrogens with one attached hydrogen (secondary N) is 1. The van der Waals surface area contributed by atoms with Crippen LogP contribution in [0.5, 0.6) is 0 Å². The molecule has 5 nitrogen and oxygen atoms in total. The highest BCUT2D eigenvalue weighted by Gasteiger charge is 2.28. The average molecular weight is 257 g/mol. The summed E-state index contributed by atoms with van der Waals surface area (Å²) >= 11 is 0. The van der Waals surface area contributed by atoms with Gasteiger partial charge in [0, 0.05) is 0 Å². The summed E-state index contributed by atoms with van der Waals surface area (Å²) in [7, 11) is 0. The highest BCUT2D eigenvalue weighted by Crippen LogP contribution is 2.24. The second-order valence-corrected chi connectivity index (χ2v) is 4.04. The van der Waals surface area contributed by atoms with E-state index in [0.717, 1.165) is 6.07 Å². The van der Waals surface area contributed by atoms with Gasteiger partial charge < -0.3 is 20.6 Å². The number of aromatic carboxylic acids is 1. The van der Waals surface area contributed by atoms with Crippen molar-refractivity contribution in [3.63, 3.8) is 0 Å². The molecule has 1 rings (SSSR count). The Hall–Kier alpha value is -1.66. The maximum atomic E-state index is 13.4. The van der Waals surface area contributed by atoms with E-state index in [0.29, 0.717) is 6.42 Å². The number of carboxylic acid groups (broad SMARTS) is 1. The van der Waals surface area contributed by atoms with Gasteiger partial charge in [-0.25, -0.2) is 9.18 Å². The Bertz CT molecular complexity index is 424. The first-order chi connectivity index (χ1) is 8.49. The van der Waals surface area contributed by atoms with Crippen molar-refractivity contribution < 1.29 is 24.5 Å². The summed E-state index contributed by atoms with van der Waals surface area (Å²) in [5.74, 6) is -2.27. The first kappa shape index (κ1) is 14.4. The number of benzene rings is 1. The summed E-state index contributed by atoms with van der Waals surface area (Å²) in [5.41, 5.74) is -1.54. The normalized spacial score (nSPS) is 11.3. The molecule has 0 spiro atoms. The molecule has 0 aliphatic rings. The summed E-state index contributed by atoms with van der Waals surface area (Å²) < 4.78 is 13.4. The van der Waals surface area contributed by atoms with Gasteiger partial charge in [0.25, 0.3) is 0 Å². The van der Waals surface area contributed by atoms with Gasteiger partial charge in [-0.15, -0.1) is 0 Å². The van der Waals surface area contributed by atoms with Crippen LogP contribution in [0.25, 0.3) is 0 Å². The first-order valence-electron chi connectivity index (χ1n) is 5.51. The van der Waals surface area contributed by atoms with Gasteiger partial charge in [-0.1, -0.05) is 13.0 Å². The maximum absolute atomic E-state index is 13.4. The van der Waals surface area contributed by atoms with E-state index in [1.807, 2.05) is 0 Å². The van der Waals surface area contributed by atoms with Gasteiger partial charge in [0.15, 0.2) is 0 Å². The lowest BCUT2D eigenvalue weighted by Gasteiger charge is -2.31. The van der Waals surface area contributed by atoms with Gasteiger partial charge in [0.2, 0.25) is 0 Å². The molecule has 0 aliphatic carbocycles. The molecule has 0 saturated heterocycles. The van der Waals surface area contributed by atoms with E-state index in [1.165, 1.54) is 12.1 Å². The fourth-order valence-electron chi connectivity index (χ4n) is 1.57. The molecule has 100 valence electrons. The van der Waals surface area contributed by atoms with E-state index in [2.05, 4.69) is 5.32 Å². The van der Waals surface area contributed by atoms with Crippen LogP contribution in [0.2, 0.25) is 0 Å². The van der Waals surface area contributed by atoms with Gasteiger partial charge in [-0.3, -0.25) is 0 Å². The summed E-state index contributed by atoms with van der Waals surface area (Å²) in [6.45, 7) is 0.935. The molecule has 1 aromatic rings. The number of hydrogen-bond acceptors (Lipinski definition) is 4. The van der Waals surface area contributed by atoms with Crippen LogP contribution in [0.1, 0.15) is 23.7 Å². The first-order valence-corrected chi connectivity index (χ1v) is 5.51. The minimum atomic E-state index is -1.41. The Balaban J connectivity index is 3.18. The summed E-state index contributed by atoms with van der Waals surface area (Å²) in [6.07, 6.45) is 0.357. The molecule has 0 aliphatic heterocycles. The Morgan fingerprint density at radius 3 is 2.44 bits per heavy atom. The van der Waals surface area contributed by atoms with Gasteiger partial charge in [0.1, 0.15) is 11.4 Å².